The lowest BCUT2D eigenvalue weighted by atomic mass is 10.2. The highest BCUT2D eigenvalue weighted by Crippen LogP contribution is 2.30. The quantitative estimate of drug-likeness (QED) is 0.421. The third-order valence-corrected chi connectivity index (χ3v) is 2.50. The van der Waals surface area contributed by atoms with E-state index in [0.717, 1.165) is 0 Å². The molecule has 1 aliphatic rings. The van der Waals surface area contributed by atoms with Crippen LogP contribution in [0.5, 0.6) is 5.75 Å². The number of ether oxygens (including phenoxy) is 1. The Morgan fingerprint density at radius 3 is 2.68 bits per heavy atom. The number of carbonyl (C=O) groups excluding carboxylic acids is 2. The summed E-state index contributed by atoms with van der Waals surface area (Å²) >= 11 is 0. The Bertz CT molecular complexity index is 564. The molecule has 6 heteroatoms. The predicted molar refractivity (Wildman–Crippen MR) is 68.5 cm³/mol. The van der Waals surface area contributed by atoms with Gasteiger partial charge in [-0.1, -0.05) is 6.07 Å². The summed E-state index contributed by atoms with van der Waals surface area (Å²) in [5.74, 6) is -0.386. The van der Waals surface area contributed by atoms with Gasteiger partial charge < -0.3 is 20.5 Å². The fourth-order valence-corrected chi connectivity index (χ4v) is 1.60. The molecule has 1 aromatic rings. The Morgan fingerprint density at radius 1 is 1.37 bits per heavy atom. The molecular weight excluding hydrogens is 248 g/mol. The Morgan fingerprint density at radius 2 is 2.11 bits per heavy atom. The van der Waals surface area contributed by atoms with Gasteiger partial charge in [-0.15, -0.1) is 0 Å². The molecule has 1 aromatic carbocycles. The highest BCUT2D eigenvalue weighted by atomic mass is 16.6. The van der Waals surface area contributed by atoms with E-state index in [1.165, 1.54) is 6.07 Å². The normalized spacial score (nSPS) is 13.9. The van der Waals surface area contributed by atoms with Crippen molar-refractivity contribution in [2.45, 2.75) is 19.9 Å². The minimum Gasteiger partial charge on any atom is -0.505 e. The van der Waals surface area contributed by atoms with E-state index in [2.05, 4.69) is 10.6 Å². The average Bonchev–Trinajstić information content (AvgIpc) is 2.36. The summed E-state index contributed by atoms with van der Waals surface area (Å²) in [6.07, 6.45) is 0.543. The van der Waals surface area contributed by atoms with Crippen LogP contribution in [0, 0.1) is 0 Å². The van der Waals surface area contributed by atoms with E-state index in [-0.39, 0.29) is 28.7 Å². The van der Waals surface area contributed by atoms with Crippen molar-refractivity contribution in [1.29, 1.82) is 0 Å². The zero-order valence-corrected chi connectivity index (χ0v) is 10.6. The molecule has 0 saturated heterocycles. The van der Waals surface area contributed by atoms with Crippen molar-refractivity contribution in [3.63, 3.8) is 0 Å². The van der Waals surface area contributed by atoms with E-state index in [1.807, 2.05) is 13.8 Å². The molecule has 6 nitrogen and oxygen atoms in total. The molecule has 0 amide bonds. The molecular formula is C13H14N2O4. The fourth-order valence-electron chi connectivity index (χ4n) is 1.60. The van der Waals surface area contributed by atoms with Crippen LogP contribution in [0.25, 0.3) is 0 Å². The Labute approximate surface area is 110 Å². The molecule has 0 bridgehead atoms. The first-order chi connectivity index (χ1) is 9.02. The molecule has 0 unspecified atom stereocenters. The van der Waals surface area contributed by atoms with Gasteiger partial charge in [-0.3, -0.25) is 4.79 Å². The number of hydrogen-bond acceptors (Lipinski definition) is 6. The average molecular weight is 262 g/mol. The van der Waals surface area contributed by atoms with Crippen LogP contribution in [-0.2, 0) is 9.53 Å². The highest BCUT2D eigenvalue weighted by molar-refractivity contribution is 5.99. The van der Waals surface area contributed by atoms with Gasteiger partial charge in [0.05, 0.1) is 11.3 Å². The second-order valence-corrected chi connectivity index (χ2v) is 4.38. The largest absolute Gasteiger partial charge is 0.505 e. The van der Waals surface area contributed by atoms with Crippen LogP contribution in [-0.4, -0.2) is 23.4 Å². The molecule has 0 radical (unpaired) electrons. The standard InChI is InChI=1S/C13H14N2O4/c1-7(2)14-12-10(13(18)19-12)15-9-5-3-4-8(6-16)11(9)17/h3-7,14-15,17H,1-2H3. The zero-order chi connectivity index (χ0) is 14.0. The number of anilines is 1. The molecule has 0 atom stereocenters. The lowest BCUT2D eigenvalue weighted by molar-refractivity contribution is -0.141. The summed E-state index contributed by atoms with van der Waals surface area (Å²) in [5.41, 5.74) is 0.656. The summed E-state index contributed by atoms with van der Waals surface area (Å²) in [7, 11) is 0. The molecule has 0 fully saturated rings. The SMILES string of the molecule is CC(C)NC1=C(Nc2cccc(C=O)c2O)C(=O)O1. The number of aromatic hydroxyl groups is 1. The third-order valence-electron chi connectivity index (χ3n) is 2.50. The Balaban J connectivity index is 2.26. The van der Waals surface area contributed by atoms with Crippen LogP contribution in [0.3, 0.4) is 0 Å². The molecule has 1 aliphatic heterocycles. The maximum Gasteiger partial charge on any atom is 0.367 e. The van der Waals surface area contributed by atoms with E-state index < -0.39 is 5.97 Å². The summed E-state index contributed by atoms with van der Waals surface area (Å²) < 4.78 is 4.85. The molecule has 0 aromatic heterocycles. The fraction of sp³-hybridized carbons (Fsp3) is 0.231. The number of cyclic esters (lactones) is 1. The van der Waals surface area contributed by atoms with Crippen LogP contribution in [0.15, 0.2) is 29.8 Å². The number of benzene rings is 1. The van der Waals surface area contributed by atoms with Crippen molar-refractivity contribution in [3.05, 3.63) is 35.3 Å². The zero-order valence-electron chi connectivity index (χ0n) is 10.6. The third kappa shape index (κ3) is 2.52. The number of rotatable bonds is 5. The van der Waals surface area contributed by atoms with Crippen molar-refractivity contribution in [2.24, 2.45) is 0 Å². The van der Waals surface area contributed by atoms with E-state index in [9.17, 15) is 14.7 Å². The second kappa shape index (κ2) is 5.01. The second-order valence-electron chi connectivity index (χ2n) is 4.38. The molecule has 100 valence electrons. The van der Waals surface area contributed by atoms with E-state index in [1.54, 1.807) is 12.1 Å². The lowest BCUT2D eigenvalue weighted by Crippen LogP contribution is -2.37. The first-order valence-electron chi connectivity index (χ1n) is 5.80. The van der Waals surface area contributed by atoms with Crippen molar-refractivity contribution in [3.8, 4) is 5.75 Å². The molecule has 0 saturated carbocycles. The maximum atomic E-state index is 11.4. The highest BCUT2D eigenvalue weighted by Gasteiger charge is 2.31. The summed E-state index contributed by atoms with van der Waals surface area (Å²) in [6.45, 7) is 3.81. The van der Waals surface area contributed by atoms with Crippen LogP contribution < -0.4 is 10.6 Å². The Hall–Kier alpha value is -2.50. The predicted octanol–water partition coefficient (Wildman–Crippen LogP) is 1.34. The number of phenolic OH excluding ortho intramolecular Hbond substituents is 1. The first-order valence-corrected chi connectivity index (χ1v) is 5.80. The molecule has 2 rings (SSSR count). The van der Waals surface area contributed by atoms with Gasteiger partial charge in [0.2, 0.25) is 5.88 Å². The molecule has 0 spiro atoms. The summed E-state index contributed by atoms with van der Waals surface area (Å²) in [5, 5.41) is 15.5. The molecule has 3 N–H and O–H groups in total. The summed E-state index contributed by atoms with van der Waals surface area (Å²) in [6, 6.07) is 4.75. The lowest BCUT2D eigenvalue weighted by Gasteiger charge is -2.25. The number of para-hydroxylation sites is 1. The summed E-state index contributed by atoms with van der Waals surface area (Å²) in [4.78, 5) is 22.1. The van der Waals surface area contributed by atoms with Gasteiger partial charge in [0, 0.05) is 6.04 Å². The maximum absolute atomic E-state index is 11.4. The van der Waals surface area contributed by atoms with Crippen molar-refractivity contribution in [1.82, 2.24) is 5.32 Å². The van der Waals surface area contributed by atoms with E-state index >= 15 is 0 Å². The smallest absolute Gasteiger partial charge is 0.367 e. The van der Waals surface area contributed by atoms with Crippen LogP contribution >= 0.6 is 0 Å². The monoisotopic (exact) mass is 262 g/mol. The van der Waals surface area contributed by atoms with Crippen LogP contribution in [0.4, 0.5) is 5.69 Å². The number of phenols is 1. The van der Waals surface area contributed by atoms with Crippen molar-refractivity contribution in [2.75, 3.05) is 5.32 Å². The molecule has 19 heavy (non-hydrogen) atoms. The van der Waals surface area contributed by atoms with Crippen LogP contribution in [0.2, 0.25) is 0 Å². The number of esters is 1. The number of nitrogens with one attached hydrogen (secondary N) is 2. The van der Waals surface area contributed by atoms with Crippen molar-refractivity contribution < 1.29 is 19.4 Å². The number of carbonyl (C=O) groups is 2. The van der Waals surface area contributed by atoms with Gasteiger partial charge >= 0.3 is 5.97 Å². The number of aldehydes is 1. The van der Waals surface area contributed by atoms with Gasteiger partial charge in [-0.05, 0) is 26.0 Å². The van der Waals surface area contributed by atoms with Gasteiger partial charge in [0.15, 0.2) is 12.0 Å². The topological polar surface area (TPSA) is 87.7 Å². The molecule has 1 heterocycles. The van der Waals surface area contributed by atoms with E-state index in [0.29, 0.717) is 12.2 Å². The van der Waals surface area contributed by atoms with Gasteiger partial charge in [-0.25, -0.2) is 4.79 Å². The Kier molecular flexibility index (Phi) is 3.41. The van der Waals surface area contributed by atoms with E-state index in [4.69, 9.17) is 4.74 Å². The molecule has 0 aliphatic carbocycles. The van der Waals surface area contributed by atoms with Crippen LogP contribution in [0.1, 0.15) is 24.2 Å². The van der Waals surface area contributed by atoms with Gasteiger partial charge in [0.25, 0.3) is 0 Å². The number of hydrogen-bond donors (Lipinski definition) is 3. The van der Waals surface area contributed by atoms with Gasteiger partial charge in [-0.2, -0.15) is 0 Å². The van der Waals surface area contributed by atoms with Gasteiger partial charge in [0.1, 0.15) is 5.75 Å². The van der Waals surface area contributed by atoms with Crippen molar-refractivity contribution >= 4 is 17.9 Å². The minimum absolute atomic E-state index is 0.106. The minimum atomic E-state index is -0.515. The first kappa shape index (κ1) is 12.9.